The van der Waals surface area contributed by atoms with Crippen LogP contribution in [0, 0.1) is 0 Å². The van der Waals surface area contributed by atoms with Gasteiger partial charge in [0.05, 0.1) is 16.9 Å². The van der Waals surface area contributed by atoms with Gasteiger partial charge in [0.2, 0.25) is 0 Å². The summed E-state index contributed by atoms with van der Waals surface area (Å²) in [6.07, 6.45) is -4.34. The molecule has 2 N–H and O–H groups in total. The Kier molecular flexibility index (Phi) is 3.90. The number of halogens is 3. The minimum atomic E-state index is -4.34. The van der Waals surface area contributed by atoms with Crippen molar-refractivity contribution in [2.24, 2.45) is 0 Å². The first kappa shape index (κ1) is 14.4. The van der Waals surface area contributed by atoms with E-state index in [1.54, 1.807) is 0 Å². The van der Waals surface area contributed by atoms with Crippen LogP contribution in [-0.2, 0) is 6.18 Å². The Morgan fingerprint density at radius 2 is 2.00 bits per heavy atom. The SMILES string of the molecule is CC1SCCN(c2ccc(C(F)(F)F)cc2N)C1C. The summed E-state index contributed by atoms with van der Waals surface area (Å²) in [6.45, 7) is 5.02. The lowest BCUT2D eigenvalue weighted by Gasteiger charge is -2.39. The number of nitrogens with zero attached hydrogens (tertiary/aromatic N) is 1. The van der Waals surface area contributed by atoms with Crippen LogP contribution in [0.1, 0.15) is 19.4 Å². The molecule has 0 aromatic heterocycles. The normalized spacial score (nSPS) is 24.6. The van der Waals surface area contributed by atoms with E-state index in [2.05, 4.69) is 18.7 Å². The smallest absolute Gasteiger partial charge is 0.397 e. The second-order valence-electron chi connectivity index (χ2n) is 4.78. The maximum atomic E-state index is 12.6. The quantitative estimate of drug-likeness (QED) is 0.801. The fourth-order valence-electron chi connectivity index (χ4n) is 2.27. The molecule has 0 radical (unpaired) electrons. The topological polar surface area (TPSA) is 29.3 Å². The molecule has 19 heavy (non-hydrogen) atoms. The summed E-state index contributed by atoms with van der Waals surface area (Å²) in [7, 11) is 0. The highest BCUT2D eigenvalue weighted by Crippen LogP contribution is 2.36. The van der Waals surface area contributed by atoms with Crippen molar-refractivity contribution in [3.05, 3.63) is 23.8 Å². The molecule has 1 fully saturated rings. The van der Waals surface area contributed by atoms with Crippen LogP contribution in [0.4, 0.5) is 24.5 Å². The molecule has 0 saturated carbocycles. The van der Waals surface area contributed by atoms with Crippen molar-refractivity contribution < 1.29 is 13.2 Å². The number of thioether (sulfide) groups is 1. The second-order valence-corrected chi connectivity index (χ2v) is 6.27. The van der Waals surface area contributed by atoms with Crippen LogP contribution >= 0.6 is 11.8 Å². The van der Waals surface area contributed by atoms with Gasteiger partial charge in [-0.25, -0.2) is 0 Å². The van der Waals surface area contributed by atoms with Gasteiger partial charge in [-0.15, -0.1) is 0 Å². The Morgan fingerprint density at radius 3 is 2.58 bits per heavy atom. The molecule has 1 aromatic carbocycles. The van der Waals surface area contributed by atoms with Crippen molar-refractivity contribution >= 4 is 23.1 Å². The van der Waals surface area contributed by atoms with Crippen LogP contribution in [0.5, 0.6) is 0 Å². The zero-order valence-corrected chi connectivity index (χ0v) is 11.7. The van der Waals surface area contributed by atoms with E-state index in [0.717, 1.165) is 24.4 Å². The van der Waals surface area contributed by atoms with Crippen LogP contribution in [0.3, 0.4) is 0 Å². The highest BCUT2D eigenvalue weighted by atomic mass is 32.2. The molecule has 1 heterocycles. The van der Waals surface area contributed by atoms with Gasteiger partial charge in [-0.2, -0.15) is 24.9 Å². The molecular formula is C13H17F3N2S. The summed E-state index contributed by atoms with van der Waals surface area (Å²) in [5, 5.41) is 0.440. The van der Waals surface area contributed by atoms with E-state index in [-0.39, 0.29) is 11.7 Å². The molecule has 0 amide bonds. The van der Waals surface area contributed by atoms with Crippen molar-refractivity contribution in [3.8, 4) is 0 Å². The van der Waals surface area contributed by atoms with Gasteiger partial charge in [0.25, 0.3) is 0 Å². The van der Waals surface area contributed by atoms with Crippen molar-refractivity contribution in [2.45, 2.75) is 31.3 Å². The lowest BCUT2D eigenvalue weighted by atomic mass is 10.1. The van der Waals surface area contributed by atoms with Gasteiger partial charge in [0.15, 0.2) is 0 Å². The molecule has 0 bridgehead atoms. The summed E-state index contributed by atoms with van der Waals surface area (Å²) in [4.78, 5) is 2.09. The lowest BCUT2D eigenvalue weighted by molar-refractivity contribution is -0.137. The van der Waals surface area contributed by atoms with E-state index in [1.807, 2.05) is 11.8 Å². The summed E-state index contributed by atoms with van der Waals surface area (Å²) in [5.41, 5.74) is 6.01. The highest BCUT2D eigenvalue weighted by molar-refractivity contribution is 8.00. The van der Waals surface area contributed by atoms with Crippen molar-refractivity contribution in [3.63, 3.8) is 0 Å². The van der Waals surface area contributed by atoms with E-state index in [9.17, 15) is 13.2 Å². The van der Waals surface area contributed by atoms with E-state index in [1.165, 1.54) is 6.07 Å². The third-order valence-electron chi connectivity index (χ3n) is 3.55. The fraction of sp³-hybridized carbons (Fsp3) is 0.538. The molecular weight excluding hydrogens is 273 g/mol. The van der Waals surface area contributed by atoms with Gasteiger partial charge in [-0.05, 0) is 25.1 Å². The standard InChI is InChI=1S/C13H17F3N2S/c1-8-9(2)19-6-5-18(8)12-4-3-10(7-11(12)17)13(14,15)16/h3-4,7-9H,5-6,17H2,1-2H3. The summed E-state index contributed by atoms with van der Waals surface area (Å²) >= 11 is 1.88. The van der Waals surface area contributed by atoms with E-state index >= 15 is 0 Å². The first-order valence-electron chi connectivity index (χ1n) is 6.15. The monoisotopic (exact) mass is 290 g/mol. The average Bonchev–Trinajstić information content (AvgIpc) is 2.32. The fourth-order valence-corrected chi connectivity index (χ4v) is 3.36. The predicted octanol–water partition coefficient (Wildman–Crippen LogP) is 3.62. The van der Waals surface area contributed by atoms with E-state index in [4.69, 9.17) is 5.73 Å². The zero-order chi connectivity index (χ0) is 14.2. The summed E-state index contributed by atoms with van der Waals surface area (Å²) < 4.78 is 37.8. The van der Waals surface area contributed by atoms with E-state index < -0.39 is 11.7 Å². The summed E-state index contributed by atoms with van der Waals surface area (Å²) in [6, 6.07) is 3.87. The predicted molar refractivity (Wildman–Crippen MR) is 74.6 cm³/mol. The third kappa shape index (κ3) is 2.94. The number of alkyl halides is 3. The number of benzene rings is 1. The number of hydrogen-bond acceptors (Lipinski definition) is 3. The Bertz CT molecular complexity index is 462. The first-order valence-corrected chi connectivity index (χ1v) is 7.20. The maximum absolute atomic E-state index is 12.6. The van der Waals surface area contributed by atoms with Gasteiger partial charge >= 0.3 is 6.18 Å². The zero-order valence-electron chi connectivity index (χ0n) is 10.9. The van der Waals surface area contributed by atoms with Crippen molar-refractivity contribution in [1.29, 1.82) is 0 Å². The lowest BCUT2D eigenvalue weighted by Crippen LogP contribution is -2.45. The van der Waals surface area contributed by atoms with Gasteiger partial charge in [-0.3, -0.25) is 0 Å². The Hall–Kier alpha value is -1.04. The van der Waals surface area contributed by atoms with Gasteiger partial charge in [0, 0.05) is 23.6 Å². The van der Waals surface area contributed by atoms with Crippen LogP contribution < -0.4 is 10.6 Å². The number of hydrogen-bond donors (Lipinski definition) is 1. The molecule has 1 saturated heterocycles. The molecule has 2 atom stereocenters. The Balaban J connectivity index is 2.31. The minimum Gasteiger partial charge on any atom is -0.397 e. The molecule has 2 rings (SSSR count). The number of anilines is 2. The van der Waals surface area contributed by atoms with Crippen LogP contribution in [0.15, 0.2) is 18.2 Å². The minimum absolute atomic E-state index is 0.195. The van der Waals surface area contributed by atoms with Crippen molar-refractivity contribution in [1.82, 2.24) is 0 Å². The van der Waals surface area contributed by atoms with Crippen LogP contribution in [0.25, 0.3) is 0 Å². The first-order chi connectivity index (χ1) is 8.80. The molecule has 0 aliphatic carbocycles. The van der Waals surface area contributed by atoms with Gasteiger partial charge in [-0.1, -0.05) is 6.92 Å². The largest absolute Gasteiger partial charge is 0.416 e. The summed E-state index contributed by atoms with van der Waals surface area (Å²) in [5.74, 6) is 0.964. The number of nitrogen functional groups attached to an aromatic ring is 1. The van der Waals surface area contributed by atoms with Gasteiger partial charge < -0.3 is 10.6 Å². The third-order valence-corrected chi connectivity index (χ3v) is 4.89. The second kappa shape index (κ2) is 5.15. The molecule has 2 nitrogen and oxygen atoms in total. The number of nitrogens with two attached hydrogens (primary N) is 1. The number of rotatable bonds is 1. The van der Waals surface area contributed by atoms with Crippen LogP contribution in [-0.4, -0.2) is 23.6 Å². The average molecular weight is 290 g/mol. The van der Waals surface area contributed by atoms with Crippen LogP contribution in [0.2, 0.25) is 0 Å². The molecule has 1 aromatic rings. The van der Waals surface area contributed by atoms with Gasteiger partial charge in [0.1, 0.15) is 0 Å². The molecule has 2 unspecified atom stereocenters. The Morgan fingerprint density at radius 1 is 1.32 bits per heavy atom. The molecule has 0 spiro atoms. The molecule has 106 valence electrons. The molecule has 1 aliphatic rings. The van der Waals surface area contributed by atoms with Crippen molar-refractivity contribution in [2.75, 3.05) is 22.9 Å². The maximum Gasteiger partial charge on any atom is 0.416 e. The Labute approximate surface area is 115 Å². The van der Waals surface area contributed by atoms with E-state index in [0.29, 0.717) is 10.9 Å². The highest BCUT2D eigenvalue weighted by Gasteiger charge is 2.32. The molecule has 1 aliphatic heterocycles. The molecule has 6 heteroatoms.